The normalized spacial score (nSPS) is 15.8. The molecule has 0 saturated carbocycles. The van der Waals surface area contributed by atoms with E-state index in [0.717, 1.165) is 11.3 Å². The van der Waals surface area contributed by atoms with E-state index in [9.17, 15) is 13.2 Å². The highest BCUT2D eigenvalue weighted by atomic mass is 35.5. The Labute approximate surface area is 165 Å². The van der Waals surface area contributed by atoms with Gasteiger partial charge in [-0.15, -0.1) is 11.3 Å². The SMILES string of the molecule is O=C(OCc1ccc(Cl)cc1Cl)c1sccc1S(=O)(=O)N1CCOCC1. The average Bonchev–Trinajstić information content (AvgIpc) is 3.12. The van der Waals surface area contributed by atoms with Crippen LogP contribution in [0.5, 0.6) is 0 Å². The first-order valence-electron chi connectivity index (χ1n) is 7.66. The molecule has 1 fully saturated rings. The molecule has 140 valence electrons. The third-order valence-corrected chi connectivity index (χ3v) is 7.33. The molecule has 0 aliphatic carbocycles. The van der Waals surface area contributed by atoms with E-state index in [1.54, 1.807) is 23.6 Å². The number of hydrogen-bond acceptors (Lipinski definition) is 6. The van der Waals surface area contributed by atoms with Crippen molar-refractivity contribution in [2.75, 3.05) is 26.3 Å². The van der Waals surface area contributed by atoms with E-state index >= 15 is 0 Å². The second kappa shape index (κ2) is 8.24. The lowest BCUT2D eigenvalue weighted by Crippen LogP contribution is -2.40. The molecule has 0 bridgehead atoms. The monoisotopic (exact) mass is 435 g/mol. The van der Waals surface area contributed by atoms with E-state index in [2.05, 4.69) is 0 Å². The second-order valence-electron chi connectivity index (χ2n) is 5.44. The van der Waals surface area contributed by atoms with Gasteiger partial charge >= 0.3 is 5.97 Å². The predicted octanol–water partition coefficient (Wildman–Crippen LogP) is 3.43. The van der Waals surface area contributed by atoms with Gasteiger partial charge in [0.2, 0.25) is 10.0 Å². The summed E-state index contributed by atoms with van der Waals surface area (Å²) in [6, 6.07) is 6.25. The van der Waals surface area contributed by atoms with Crippen LogP contribution in [0.1, 0.15) is 15.2 Å². The minimum absolute atomic E-state index is 0.0431. The lowest BCUT2D eigenvalue weighted by Gasteiger charge is -2.25. The Balaban J connectivity index is 1.76. The van der Waals surface area contributed by atoms with Crippen LogP contribution < -0.4 is 0 Å². The molecule has 26 heavy (non-hydrogen) atoms. The topological polar surface area (TPSA) is 72.9 Å². The van der Waals surface area contributed by atoms with Crippen molar-refractivity contribution in [3.63, 3.8) is 0 Å². The summed E-state index contributed by atoms with van der Waals surface area (Å²) in [4.78, 5) is 12.4. The van der Waals surface area contributed by atoms with Crippen molar-refractivity contribution in [2.24, 2.45) is 0 Å². The van der Waals surface area contributed by atoms with Gasteiger partial charge in [-0.05, 0) is 23.6 Å². The first-order chi connectivity index (χ1) is 12.4. The number of hydrogen-bond donors (Lipinski definition) is 0. The summed E-state index contributed by atoms with van der Waals surface area (Å²) in [6.45, 7) is 1.10. The van der Waals surface area contributed by atoms with E-state index < -0.39 is 16.0 Å². The van der Waals surface area contributed by atoms with Crippen molar-refractivity contribution in [2.45, 2.75) is 11.5 Å². The van der Waals surface area contributed by atoms with Gasteiger partial charge in [-0.3, -0.25) is 0 Å². The zero-order valence-corrected chi connectivity index (χ0v) is 16.6. The molecule has 1 aliphatic heterocycles. The molecule has 2 aromatic rings. The van der Waals surface area contributed by atoms with Gasteiger partial charge in [-0.1, -0.05) is 29.3 Å². The van der Waals surface area contributed by atoms with Crippen LogP contribution in [0.4, 0.5) is 0 Å². The molecule has 1 aromatic heterocycles. The standard InChI is InChI=1S/C16H15Cl2NO5S2/c17-12-2-1-11(13(18)9-12)10-24-16(20)15-14(3-8-25-15)26(21,22)19-4-6-23-7-5-19/h1-3,8-9H,4-7,10H2. The predicted molar refractivity (Wildman–Crippen MR) is 99.5 cm³/mol. The highest BCUT2D eigenvalue weighted by Gasteiger charge is 2.31. The number of benzene rings is 1. The van der Waals surface area contributed by atoms with Crippen LogP contribution in [-0.4, -0.2) is 45.0 Å². The number of carbonyl (C=O) groups is 1. The molecule has 0 radical (unpaired) electrons. The molecule has 3 rings (SSSR count). The van der Waals surface area contributed by atoms with E-state index in [0.29, 0.717) is 28.8 Å². The first kappa shape index (κ1) is 19.6. The highest BCUT2D eigenvalue weighted by molar-refractivity contribution is 7.89. The van der Waals surface area contributed by atoms with Crippen molar-refractivity contribution >= 4 is 50.5 Å². The molecule has 0 amide bonds. The van der Waals surface area contributed by atoms with E-state index in [1.165, 1.54) is 10.4 Å². The minimum atomic E-state index is -3.77. The van der Waals surface area contributed by atoms with Gasteiger partial charge < -0.3 is 9.47 Å². The number of carbonyl (C=O) groups excluding carboxylic acids is 1. The van der Waals surface area contributed by atoms with Crippen LogP contribution in [0, 0.1) is 0 Å². The Morgan fingerprint density at radius 1 is 1.23 bits per heavy atom. The van der Waals surface area contributed by atoms with Crippen LogP contribution >= 0.6 is 34.5 Å². The fourth-order valence-electron chi connectivity index (χ4n) is 2.42. The van der Waals surface area contributed by atoms with Gasteiger partial charge in [0.15, 0.2) is 0 Å². The van der Waals surface area contributed by atoms with Crippen LogP contribution in [0.25, 0.3) is 0 Å². The summed E-state index contributed by atoms with van der Waals surface area (Å²) in [7, 11) is -3.77. The van der Waals surface area contributed by atoms with E-state index in [1.807, 2.05) is 0 Å². The summed E-state index contributed by atoms with van der Waals surface area (Å²) >= 11 is 12.9. The molecule has 1 aromatic carbocycles. The lowest BCUT2D eigenvalue weighted by molar-refractivity contribution is 0.0474. The van der Waals surface area contributed by atoms with E-state index in [4.69, 9.17) is 32.7 Å². The molecule has 10 heteroatoms. The summed E-state index contributed by atoms with van der Waals surface area (Å²) < 4.78 is 37.3. The number of esters is 1. The van der Waals surface area contributed by atoms with Crippen LogP contribution in [-0.2, 0) is 26.1 Å². The number of thiophene rings is 1. The molecule has 0 atom stereocenters. The maximum atomic E-state index is 12.8. The third kappa shape index (κ3) is 4.21. The van der Waals surface area contributed by atoms with Crippen molar-refractivity contribution < 1.29 is 22.7 Å². The Bertz CT molecular complexity index is 907. The van der Waals surface area contributed by atoms with Crippen LogP contribution in [0.3, 0.4) is 0 Å². The summed E-state index contributed by atoms with van der Waals surface area (Å²) in [5.74, 6) is -0.710. The lowest BCUT2D eigenvalue weighted by atomic mass is 10.2. The number of sulfonamides is 1. The molecular formula is C16H15Cl2NO5S2. The Kier molecular flexibility index (Phi) is 6.21. The maximum absolute atomic E-state index is 12.8. The number of nitrogens with zero attached hydrogens (tertiary/aromatic N) is 1. The molecule has 2 heterocycles. The molecule has 1 saturated heterocycles. The number of rotatable bonds is 5. The molecule has 6 nitrogen and oxygen atoms in total. The summed E-state index contributed by atoms with van der Waals surface area (Å²) in [5.41, 5.74) is 0.582. The van der Waals surface area contributed by atoms with Crippen molar-refractivity contribution in [3.8, 4) is 0 Å². The van der Waals surface area contributed by atoms with Gasteiger partial charge in [0, 0.05) is 28.7 Å². The van der Waals surface area contributed by atoms with Crippen molar-refractivity contribution in [3.05, 3.63) is 50.1 Å². The molecule has 0 unspecified atom stereocenters. The highest BCUT2D eigenvalue weighted by Crippen LogP contribution is 2.28. The van der Waals surface area contributed by atoms with Gasteiger partial charge in [-0.2, -0.15) is 4.31 Å². The maximum Gasteiger partial charge on any atom is 0.350 e. The zero-order valence-electron chi connectivity index (χ0n) is 13.5. The fourth-order valence-corrected chi connectivity index (χ4v) is 5.58. The molecule has 0 N–H and O–H groups in total. The smallest absolute Gasteiger partial charge is 0.350 e. The summed E-state index contributed by atoms with van der Waals surface area (Å²) in [6.07, 6.45) is 0. The number of ether oxygens (including phenoxy) is 2. The quantitative estimate of drug-likeness (QED) is 0.672. The van der Waals surface area contributed by atoms with Gasteiger partial charge in [0.1, 0.15) is 16.4 Å². The zero-order chi connectivity index (χ0) is 18.7. The third-order valence-electron chi connectivity index (χ3n) is 3.78. The number of morpholine rings is 1. The van der Waals surface area contributed by atoms with Gasteiger partial charge in [0.05, 0.1) is 13.2 Å². The van der Waals surface area contributed by atoms with Crippen LogP contribution in [0.2, 0.25) is 10.0 Å². The van der Waals surface area contributed by atoms with E-state index in [-0.39, 0.29) is 29.5 Å². The second-order valence-corrected chi connectivity index (χ2v) is 9.11. The summed E-state index contributed by atoms with van der Waals surface area (Å²) in [5, 5.41) is 2.40. The molecule has 1 aliphatic rings. The first-order valence-corrected chi connectivity index (χ1v) is 10.7. The Morgan fingerprint density at radius 3 is 2.65 bits per heavy atom. The fraction of sp³-hybridized carbons (Fsp3) is 0.312. The van der Waals surface area contributed by atoms with Crippen molar-refractivity contribution in [1.82, 2.24) is 4.31 Å². The van der Waals surface area contributed by atoms with Crippen LogP contribution in [0.15, 0.2) is 34.5 Å². The van der Waals surface area contributed by atoms with Crippen molar-refractivity contribution in [1.29, 1.82) is 0 Å². The Morgan fingerprint density at radius 2 is 1.96 bits per heavy atom. The molecular weight excluding hydrogens is 421 g/mol. The van der Waals surface area contributed by atoms with Gasteiger partial charge in [0.25, 0.3) is 0 Å². The average molecular weight is 436 g/mol. The van der Waals surface area contributed by atoms with Gasteiger partial charge in [-0.25, -0.2) is 13.2 Å². The molecule has 0 spiro atoms. The Hall–Kier alpha value is -1.16. The number of halogens is 2. The largest absolute Gasteiger partial charge is 0.457 e. The minimum Gasteiger partial charge on any atom is -0.457 e.